The fraction of sp³-hybridized carbons (Fsp3) is 0.286. The molecule has 3 nitrogen and oxygen atoms in total. The van der Waals surface area contributed by atoms with Crippen LogP contribution < -0.4 is 15.8 Å². The Morgan fingerprint density at radius 1 is 0.405 bits per heavy atom. The molecule has 2 aliphatic heterocycles. The average Bonchev–Trinajstić information content (AvgIpc) is 3.96. The van der Waals surface area contributed by atoms with E-state index in [9.17, 15) is 0 Å². The average molecular weight is 966 g/mol. The highest BCUT2D eigenvalue weighted by Crippen LogP contribution is 2.55. The van der Waals surface area contributed by atoms with Gasteiger partial charge in [0.05, 0.1) is 11.0 Å². The van der Waals surface area contributed by atoms with Crippen LogP contribution in [0.3, 0.4) is 0 Å². The van der Waals surface area contributed by atoms with Crippen molar-refractivity contribution < 1.29 is 0 Å². The number of rotatable bonds is 4. The Hall–Kier alpha value is -7.04. The van der Waals surface area contributed by atoms with Crippen LogP contribution in [0.25, 0.3) is 71.9 Å². The van der Waals surface area contributed by atoms with Crippen LogP contribution in [0.2, 0.25) is 0 Å². The molecule has 0 aliphatic carbocycles. The molecule has 0 fully saturated rings. The van der Waals surface area contributed by atoms with Gasteiger partial charge >= 0.3 is 6.85 Å². The lowest BCUT2D eigenvalue weighted by molar-refractivity contribution is 0.589. The minimum atomic E-state index is -0.172. The summed E-state index contributed by atoms with van der Waals surface area (Å²) in [5, 5.41) is 3.84. The Morgan fingerprint density at radius 3 is 1.50 bits per heavy atom. The van der Waals surface area contributed by atoms with Crippen molar-refractivity contribution >= 4 is 67.5 Å². The highest BCUT2D eigenvalue weighted by molar-refractivity contribution is 6.90. The normalized spacial score (nSPS) is 13.8. The number of anilines is 3. The van der Waals surface area contributed by atoms with Gasteiger partial charge in [-0.2, -0.15) is 0 Å². The first kappa shape index (κ1) is 47.9. The van der Waals surface area contributed by atoms with E-state index >= 15 is 0 Å². The van der Waals surface area contributed by atoms with Crippen molar-refractivity contribution in [1.29, 1.82) is 0 Å². The van der Waals surface area contributed by atoms with Crippen molar-refractivity contribution in [3.63, 3.8) is 0 Å². The van der Waals surface area contributed by atoms with E-state index in [-0.39, 0.29) is 33.9 Å². The zero-order valence-electron chi connectivity index (χ0n) is 46.5. The lowest BCUT2D eigenvalue weighted by atomic mass is 9.44. The maximum atomic E-state index is 2.82. The van der Waals surface area contributed by atoms with Crippen molar-refractivity contribution in [2.24, 2.45) is 0 Å². The molecular formula is C70H72BN3. The molecule has 0 spiro atoms. The van der Waals surface area contributed by atoms with E-state index in [0.717, 1.165) is 0 Å². The molecule has 0 radical (unpaired) electrons. The zero-order valence-corrected chi connectivity index (χ0v) is 46.5. The molecule has 0 atom stereocenters. The lowest BCUT2D eigenvalue weighted by Gasteiger charge is -2.44. The number of aromatic nitrogens is 2. The number of hydrogen-bond acceptors (Lipinski definition) is 1. The summed E-state index contributed by atoms with van der Waals surface area (Å²) in [6.45, 7) is 35.0. The van der Waals surface area contributed by atoms with E-state index in [1.54, 1.807) is 0 Å². The molecule has 4 heterocycles. The summed E-state index contributed by atoms with van der Waals surface area (Å²) in [7, 11) is 0. The smallest absolute Gasteiger partial charge is 0.333 e. The molecule has 0 unspecified atom stereocenters. The van der Waals surface area contributed by atoms with Crippen LogP contribution in [0.15, 0.2) is 164 Å². The first-order chi connectivity index (χ1) is 34.9. The van der Waals surface area contributed by atoms with Gasteiger partial charge in [-0.25, -0.2) is 0 Å². The van der Waals surface area contributed by atoms with Crippen LogP contribution in [-0.4, -0.2) is 15.9 Å². The van der Waals surface area contributed by atoms with Crippen LogP contribution in [0.1, 0.15) is 132 Å². The maximum Gasteiger partial charge on any atom is 0.333 e. The van der Waals surface area contributed by atoms with Gasteiger partial charge in [0.15, 0.2) is 0 Å². The highest BCUT2D eigenvalue weighted by atomic mass is 15.2. The lowest BCUT2D eigenvalue weighted by Crippen LogP contribution is -2.57. The highest BCUT2D eigenvalue weighted by Gasteiger charge is 2.47. The van der Waals surface area contributed by atoms with Crippen LogP contribution in [0.5, 0.6) is 0 Å². The van der Waals surface area contributed by atoms with Gasteiger partial charge in [-0.05, 0) is 131 Å². The maximum absolute atomic E-state index is 2.82. The van der Waals surface area contributed by atoms with E-state index in [4.69, 9.17) is 0 Å². The van der Waals surface area contributed by atoms with E-state index < -0.39 is 0 Å². The summed E-state index contributed by atoms with van der Waals surface area (Å²) in [6, 6.07) is 63.8. The fourth-order valence-corrected chi connectivity index (χ4v) is 12.4. The second-order valence-electron chi connectivity index (χ2n) is 26.7. The Balaban J connectivity index is 1.34. The van der Waals surface area contributed by atoms with Crippen molar-refractivity contribution in [2.45, 2.75) is 131 Å². The van der Waals surface area contributed by atoms with Gasteiger partial charge < -0.3 is 13.9 Å². The quantitative estimate of drug-likeness (QED) is 0.160. The molecule has 370 valence electrons. The molecule has 0 saturated carbocycles. The summed E-state index contributed by atoms with van der Waals surface area (Å²) in [6.07, 6.45) is 0. The first-order valence-corrected chi connectivity index (χ1v) is 27.1. The largest absolute Gasteiger partial charge is 0.375 e. The summed E-state index contributed by atoms with van der Waals surface area (Å²) in [5.74, 6) is 0. The van der Waals surface area contributed by atoms with Crippen molar-refractivity contribution in [3.05, 3.63) is 192 Å². The van der Waals surface area contributed by atoms with Crippen LogP contribution in [-0.2, 0) is 27.1 Å². The first-order valence-electron chi connectivity index (χ1n) is 27.1. The Labute approximate surface area is 441 Å². The molecule has 0 bridgehead atoms. The van der Waals surface area contributed by atoms with E-state index in [1.807, 2.05) is 0 Å². The topological polar surface area (TPSA) is 13.1 Å². The summed E-state index contributed by atoms with van der Waals surface area (Å²) in [5.41, 5.74) is 25.3. The molecule has 12 rings (SSSR count). The fourth-order valence-electron chi connectivity index (χ4n) is 12.4. The number of benzene rings is 8. The Kier molecular flexibility index (Phi) is 10.5. The monoisotopic (exact) mass is 966 g/mol. The second kappa shape index (κ2) is 16.2. The minimum Gasteiger partial charge on any atom is -0.375 e. The number of nitrogens with zero attached hydrogens (tertiary/aromatic N) is 3. The molecule has 4 heteroatoms. The third-order valence-electron chi connectivity index (χ3n) is 16.5. The molecule has 10 aromatic rings. The van der Waals surface area contributed by atoms with Gasteiger partial charge in [0.1, 0.15) is 0 Å². The Bertz CT molecular complexity index is 3870. The third-order valence-corrected chi connectivity index (χ3v) is 16.5. The van der Waals surface area contributed by atoms with Crippen LogP contribution in [0.4, 0.5) is 17.1 Å². The minimum absolute atomic E-state index is 0.0239. The molecular weight excluding hydrogens is 894 g/mol. The molecule has 0 amide bonds. The van der Waals surface area contributed by atoms with Gasteiger partial charge in [-0.15, -0.1) is 0 Å². The van der Waals surface area contributed by atoms with E-state index in [2.05, 4.69) is 282 Å². The third kappa shape index (κ3) is 7.37. The predicted octanol–water partition coefficient (Wildman–Crippen LogP) is 18.0. The van der Waals surface area contributed by atoms with Crippen LogP contribution in [0, 0.1) is 0 Å². The van der Waals surface area contributed by atoms with Gasteiger partial charge in [0.2, 0.25) is 0 Å². The molecule has 8 aromatic carbocycles. The van der Waals surface area contributed by atoms with Gasteiger partial charge in [0, 0.05) is 61.2 Å². The SMILES string of the molecule is CC(C)(C)c1ccc(N2c3ccc(C(C)(C)C)cc3B3c4c(ccc(C(C)(C)C)c42)-c2cc4c5cc(C(C)(C)C)ccc5n(-c5ccc(C(C)(C)C)cc5)c4c4c(-c5ccccc5)c(-c5ccccc5)n3c24)cc1. The summed E-state index contributed by atoms with van der Waals surface area (Å²) in [4.78, 5) is 2.64. The number of fused-ring (bicyclic) bond motifs is 8. The second-order valence-corrected chi connectivity index (χ2v) is 26.7. The van der Waals surface area contributed by atoms with Gasteiger partial charge in [0.25, 0.3) is 0 Å². The summed E-state index contributed by atoms with van der Waals surface area (Å²) >= 11 is 0. The molecule has 2 aliphatic rings. The van der Waals surface area contributed by atoms with E-state index in [1.165, 1.54) is 128 Å². The Morgan fingerprint density at radius 2 is 0.932 bits per heavy atom. The zero-order chi connectivity index (χ0) is 52.2. The molecule has 0 saturated heterocycles. The molecule has 2 aromatic heterocycles. The van der Waals surface area contributed by atoms with Gasteiger partial charge in [-0.3, -0.25) is 0 Å². The molecule has 0 N–H and O–H groups in total. The predicted molar refractivity (Wildman–Crippen MR) is 321 cm³/mol. The van der Waals surface area contributed by atoms with Crippen molar-refractivity contribution in [1.82, 2.24) is 9.05 Å². The summed E-state index contributed by atoms with van der Waals surface area (Å²) < 4.78 is 5.42. The van der Waals surface area contributed by atoms with Gasteiger partial charge in [-0.1, -0.05) is 219 Å². The van der Waals surface area contributed by atoms with E-state index in [0.29, 0.717) is 0 Å². The standard InChI is InChI=1S/C70H72BN3/c1-66(2,3)45-26-32-49(33-27-45)72-57-38-30-47(68(7,8)9)40-52(57)54-42-53-51-36-37-55(70(13,14)15)65-61(51)71(56-41-48(69(10,11)12)31-39-58(56)73(65)50-34-28-46(29-35-50)67(4,5)6)74-62(44-24-20-17-21-25-44)59(43-22-18-16-19-23-43)60(63(54)72)64(53)74/h16-42H,1-15H3. The van der Waals surface area contributed by atoms with Crippen molar-refractivity contribution in [2.75, 3.05) is 4.90 Å². The number of hydrogen-bond donors (Lipinski definition) is 0. The molecule has 74 heavy (non-hydrogen) atoms. The van der Waals surface area contributed by atoms with Crippen molar-refractivity contribution in [3.8, 4) is 39.2 Å². The van der Waals surface area contributed by atoms with Crippen LogP contribution >= 0.6 is 0 Å².